The minimum absolute atomic E-state index is 0.120. The Hall–Kier alpha value is -3.28. The number of hydrogen-bond acceptors (Lipinski definition) is 7. The Morgan fingerprint density at radius 2 is 2.03 bits per heavy atom. The number of primary amides is 1. The number of carbonyl (C=O) groups is 4. The van der Waals surface area contributed by atoms with Crippen molar-refractivity contribution < 1.29 is 32.7 Å². The van der Waals surface area contributed by atoms with Gasteiger partial charge in [0, 0.05) is 11.8 Å². The number of nitrogens with two attached hydrogens (primary N) is 1. The van der Waals surface area contributed by atoms with Crippen molar-refractivity contribution in [1.82, 2.24) is 15.2 Å². The van der Waals surface area contributed by atoms with Crippen LogP contribution in [0.5, 0.6) is 0 Å². The van der Waals surface area contributed by atoms with E-state index < -0.39 is 49.7 Å². The number of nitrogens with one attached hydrogen (secondary N) is 1. The number of aliphatic carboxylic acids is 1. The predicted molar refractivity (Wildman–Crippen MR) is 98.8 cm³/mol. The molecule has 0 unspecified atom stereocenters. The lowest BCUT2D eigenvalue weighted by molar-refractivity contribution is -0.152. The molecule has 1 aromatic rings. The number of pyridine rings is 1. The topological polar surface area (TPSA) is 177 Å². The van der Waals surface area contributed by atoms with Gasteiger partial charge in [0.05, 0.1) is 17.8 Å². The highest BCUT2D eigenvalue weighted by atomic mass is 32.2. The third-order valence-electron chi connectivity index (χ3n) is 4.97. The lowest BCUT2D eigenvalue weighted by atomic mass is 9.95. The van der Waals surface area contributed by atoms with Crippen molar-refractivity contribution in [2.45, 2.75) is 30.0 Å². The van der Waals surface area contributed by atoms with Crippen LogP contribution in [-0.2, 0) is 24.2 Å². The van der Waals surface area contributed by atoms with Crippen molar-refractivity contribution in [3.8, 4) is 0 Å². The normalized spacial score (nSPS) is 25.2. The molecule has 2 aliphatic rings. The number of β-lactam (4-membered cyclic amide) rings is 1. The van der Waals surface area contributed by atoms with Crippen LogP contribution in [0.3, 0.4) is 0 Å². The molecule has 154 valence electrons. The zero-order valence-electron chi connectivity index (χ0n) is 15.4. The highest BCUT2D eigenvalue weighted by Gasteiger charge is 2.70. The van der Waals surface area contributed by atoms with Gasteiger partial charge in [0.2, 0.25) is 5.91 Å². The minimum Gasteiger partial charge on any atom is -0.480 e. The van der Waals surface area contributed by atoms with E-state index in [9.17, 15) is 32.7 Å². The molecule has 2 fully saturated rings. The summed E-state index contributed by atoms with van der Waals surface area (Å²) in [7, 11) is -4.01. The maximum absolute atomic E-state index is 12.8. The molecule has 0 aliphatic carbocycles. The second-order valence-electron chi connectivity index (χ2n) is 7.17. The summed E-state index contributed by atoms with van der Waals surface area (Å²) in [5.74, 6) is -3.45. The maximum atomic E-state index is 12.8. The third-order valence-corrected chi connectivity index (χ3v) is 7.73. The first-order valence-corrected chi connectivity index (χ1v) is 9.97. The Balaban J connectivity index is 1.94. The summed E-state index contributed by atoms with van der Waals surface area (Å²) >= 11 is 0. The molecular weight excluding hydrogens is 404 g/mol. The standard InChI is InChI=1S/C17H18N4O7S/c1-17(2)12(16(25)26)21-14(24)10(15(21)29(17,27)28)6-9-5-8(3-4-19-9)13(23)20-7-11(18)22/h3-6,12,15H,7H2,1-2H3,(H2,18,22)(H,20,23)(H,25,26)/t12-,15+/m0/s1. The average Bonchev–Trinajstić information content (AvgIpc) is 2.78. The Morgan fingerprint density at radius 3 is 2.62 bits per heavy atom. The lowest BCUT2D eigenvalue weighted by Crippen LogP contribution is -2.58. The number of nitrogens with zero attached hydrogens (tertiary/aromatic N) is 2. The van der Waals surface area contributed by atoms with Crippen LogP contribution in [0.1, 0.15) is 29.9 Å². The van der Waals surface area contributed by atoms with Gasteiger partial charge in [-0.2, -0.15) is 0 Å². The van der Waals surface area contributed by atoms with Crippen molar-refractivity contribution in [3.05, 3.63) is 35.2 Å². The molecule has 0 spiro atoms. The third kappa shape index (κ3) is 3.05. The first-order chi connectivity index (χ1) is 13.4. The van der Waals surface area contributed by atoms with Crippen LogP contribution in [0.4, 0.5) is 0 Å². The molecule has 29 heavy (non-hydrogen) atoms. The van der Waals surface area contributed by atoms with Gasteiger partial charge < -0.3 is 21.1 Å². The second kappa shape index (κ2) is 6.65. The zero-order valence-corrected chi connectivity index (χ0v) is 16.3. The van der Waals surface area contributed by atoms with E-state index in [0.717, 1.165) is 4.90 Å². The molecular formula is C17H18N4O7S. The highest BCUT2D eigenvalue weighted by molar-refractivity contribution is 7.94. The van der Waals surface area contributed by atoms with Crippen molar-refractivity contribution in [2.75, 3.05) is 6.54 Å². The SMILES string of the molecule is CC1(C)[C@H](C(=O)O)N2C(=O)C(=Cc3cc(C(=O)NCC(N)=O)ccn3)[C@H]2S1(=O)=O. The summed E-state index contributed by atoms with van der Waals surface area (Å²) in [5.41, 5.74) is 5.10. The van der Waals surface area contributed by atoms with Gasteiger partial charge in [-0.1, -0.05) is 0 Å². The van der Waals surface area contributed by atoms with Crippen LogP contribution in [-0.4, -0.2) is 69.8 Å². The van der Waals surface area contributed by atoms with Crippen LogP contribution in [0.2, 0.25) is 0 Å². The molecule has 2 aliphatic heterocycles. The molecule has 2 atom stereocenters. The fourth-order valence-electron chi connectivity index (χ4n) is 3.44. The largest absolute Gasteiger partial charge is 0.480 e. The number of aromatic nitrogens is 1. The molecule has 11 nitrogen and oxygen atoms in total. The van der Waals surface area contributed by atoms with Gasteiger partial charge in [0.25, 0.3) is 11.8 Å². The van der Waals surface area contributed by atoms with E-state index in [0.29, 0.717) is 0 Å². The molecule has 12 heteroatoms. The molecule has 3 heterocycles. The molecule has 0 saturated carbocycles. The molecule has 1 aromatic heterocycles. The number of carboxylic acids is 1. The molecule has 0 radical (unpaired) electrons. The Morgan fingerprint density at radius 1 is 1.38 bits per heavy atom. The van der Waals surface area contributed by atoms with Gasteiger partial charge in [-0.05, 0) is 32.1 Å². The Bertz CT molecular complexity index is 1080. The van der Waals surface area contributed by atoms with E-state index in [4.69, 9.17) is 5.73 Å². The number of carboxylic acid groups (broad SMARTS) is 1. The van der Waals surface area contributed by atoms with Crippen LogP contribution in [0.25, 0.3) is 6.08 Å². The van der Waals surface area contributed by atoms with Gasteiger partial charge in [0.1, 0.15) is 4.75 Å². The zero-order chi connectivity index (χ0) is 21.7. The van der Waals surface area contributed by atoms with Gasteiger partial charge in [-0.15, -0.1) is 0 Å². The van der Waals surface area contributed by atoms with Gasteiger partial charge in [-0.25, -0.2) is 13.2 Å². The number of amides is 3. The van der Waals surface area contributed by atoms with E-state index >= 15 is 0 Å². The first-order valence-electron chi connectivity index (χ1n) is 8.42. The fourth-order valence-corrected chi connectivity index (χ4v) is 5.56. The highest BCUT2D eigenvalue weighted by Crippen LogP contribution is 2.48. The molecule has 3 rings (SSSR count). The number of fused-ring (bicyclic) bond motifs is 1. The number of sulfone groups is 1. The summed E-state index contributed by atoms with van der Waals surface area (Å²) in [6, 6.07) is 1.17. The van der Waals surface area contributed by atoms with E-state index in [-0.39, 0.29) is 23.4 Å². The van der Waals surface area contributed by atoms with Gasteiger partial charge >= 0.3 is 5.97 Å². The average molecular weight is 422 g/mol. The predicted octanol–water partition coefficient (Wildman–Crippen LogP) is -1.49. The van der Waals surface area contributed by atoms with Crippen molar-refractivity contribution in [2.24, 2.45) is 5.73 Å². The molecule has 3 amide bonds. The fraction of sp³-hybridized carbons (Fsp3) is 0.353. The number of carbonyl (C=O) groups excluding carboxylic acids is 3. The smallest absolute Gasteiger partial charge is 0.328 e. The van der Waals surface area contributed by atoms with Crippen LogP contribution in [0.15, 0.2) is 23.9 Å². The Labute approximate surface area is 165 Å². The van der Waals surface area contributed by atoms with E-state index in [1.165, 1.54) is 38.3 Å². The molecule has 0 bridgehead atoms. The van der Waals surface area contributed by atoms with E-state index in [1.54, 1.807) is 0 Å². The van der Waals surface area contributed by atoms with Gasteiger partial charge in [-0.3, -0.25) is 19.4 Å². The second-order valence-corrected chi connectivity index (χ2v) is 9.76. The molecule has 0 aromatic carbocycles. The molecule has 4 N–H and O–H groups in total. The summed E-state index contributed by atoms with van der Waals surface area (Å²) in [4.78, 5) is 51.7. The lowest BCUT2D eigenvalue weighted by Gasteiger charge is -2.37. The van der Waals surface area contributed by atoms with Crippen molar-refractivity contribution >= 4 is 39.6 Å². The van der Waals surface area contributed by atoms with Gasteiger partial charge in [0.15, 0.2) is 21.3 Å². The summed E-state index contributed by atoms with van der Waals surface area (Å²) < 4.78 is 24.0. The monoisotopic (exact) mass is 422 g/mol. The van der Waals surface area contributed by atoms with E-state index in [1.807, 2.05) is 0 Å². The Kier molecular flexibility index (Phi) is 4.69. The summed E-state index contributed by atoms with van der Waals surface area (Å²) in [6.07, 6.45) is 2.49. The maximum Gasteiger partial charge on any atom is 0.328 e. The quantitative estimate of drug-likeness (QED) is 0.379. The van der Waals surface area contributed by atoms with E-state index in [2.05, 4.69) is 10.3 Å². The van der Waals surface area contributed by atoms with Crippen molar-refractivity contribution in [1.29, 1.82) is 0 Å². The van der Waals surface area contributed by atoms with Crippen LogP contribution < -0.4 is 11.1 Å². The minimum atomic E-state index is -4.01. The first kappa shape index (κ1) is 20.5. The summed E-state index contributed by atoms with van der Waals surface area (Å²) in [5, 5.41) is 10.3. The van der Waals surface area contributed by atoms with Crippen molar-refractivity contribution in [3.63, 3.8) is 0 Å². The van der Waals surface area contributed by atoms with Crippen LogP contribution >= 0.6 is 0 Å². The molecule has 2 saturated heterocycles. The number of hydrogen-bond donors (Lipinski definition) is 3. The van der Waals surface area contributed by atoms with Crippen LogP contribution in [0, 0.1) is 0 Å². The summed E-state index contributed by atoms with van der Waals surface area (Å²) in [6.45, 7) is 2.18. The number of rotatable bonds is 5.